The number of nitrogens with one attached hydrogen (secondary N) is 3. The van der Waals surface area contributed by atoms with Crippen LogP contribution >= 0.6 is 22.6 Å². The van der Waals surface area contributed by atoms with Crippen molar-refractivity contribution in [2.75, 3.05) is 24.6 Å². The molecule has 0 fully saturated rings. The normalized spacial score (nSPS) is 17.9. The molecule has 0 saturated carbocycles. The average molecular weight is 596 g/mol. The maximum absolute atomic E-state index is 5.57. The monoisotopic (exact) mass is 595 g/mol. The molecule has 2 aromatic carbocycles. The molecule has 0 radical (unpaired) electrons. The van der Waals surface area contributed by atoms with E-state index in [9.17, 15) is 0 Å². The number of ether oxygens (including phenoxy) is 1. The van der Waals surface area contributed by atoms with Gasteiger partial charge in [-0.05, 0) is 94.2 Å². The summed E-state index contributed by atoms with van der Waals surface area (Å²) in [6, 6.07) is 14.8. The zero-order chi connectivity index (χ0) is 25.1. The number of hydrogen-bond acceptors (Lipinski definition) is 4. The van der Waals surface area contributed by atoms with Crippen LogP contribution in [-0.4, -0.2) is 44.6 Å². The fourth-order valence-corrected chi connectivity index (χ4v) is 5.79. The zero-order valence-corrected chi connectivity index (χ0v) is 23.4. The number of H-pyrrole nitrogens is 2. The van der Waals surface area contributed by atoms with E-state index in [1.165, 1.54) is 12.0 Å². The Morgan fingerprint density at radius 1 is 1.11 bits per heavy atom. The molecule has 36 heavy (non-hydrogen) atoms. The Hall–Kier alpha value is -2.65. The molecule has 1 aliphatic carbocycles. The number of hydrogen-bond donors (Lipinski definition) is 3. The third-order valence-electron chi connectivity index (χ3n) is 7.12. The summed E-state index contributed by atoms with van der Waals surface area (Å²) >= 11 is 2.48. The Labute approximate surface area is 226 Å². The third-order valence-corrected chi connectivity index (χ3v) is 7.74. The van der Waals surface area contributed by atoms with Gasteiger partial charge in [0, 0.05) is 27.5 Å². The van der Waals surface area contributed by atoms with E-state index < -0.39 is 0 Å². The van der Waals surface area contributed by atoms with Crippen LogP contribution in [0.4, 0.5) is 0 Å². The van der Waals surface area contributed by atoms with Crippen molar-refractivity contribution in [3.63, 3.8) is 0 Å². The molecule has 2 unspecified atom stereocenters. The van der Waals surface area contributed by atoms with Crippen molar-refractivity contribution < 1.29 is 4.74 Å². The van der Waals surface area contributed by atoms with Gasteiger partial charge >= 0.3 is 0 Å². The van der Waals surface area contributed by atoms with Crippen molar-refractivity contribution in [1.29, 1.82) is 0 Å². The second kappa shape index (κ2) is 10.8. The number of imidazole rings is 2. The number of benzene rings is 2. The molecule has 0 aliphatic heterocycles. The molecule has 1 aliphatic rings. The second-order valence-corrected chi connectivity index (χ2v) is 10.8. The van der Waals surface area contributed by atoms with Gasteiger partial charge in [0.2, 0.25) is 0 Å². The van der Waals surface area contributed by atoms with Crippen LogP contribution < -0.4 is 10.1 Å². The van der Waals surface area contributed by atoms with E-state index in [2.05, 4.69) is 87.3 Å². The molecule has 2 atom stereocenters. The minimum Gasteiger partial charge on any atom is -0.494 e. The average Bonchev–Trinajstić information content (AvgIpc) is 3.51. The summed E-state index contributed by atoms with van der Waals surface area (Å²) in [7, 11) is 2.02. The highest BCUT2D eigenvalue weighted by molar-refractivity contribution is 14.1. The van der Waals surface area contributed by atoms with Crippen LogP contribution in [0.25, 0.3) is 28.5 Å². The summed E-state index contributed by atoms with van der Waals surface area (Å²) in [6.07, 6.45) is 7.51. The fourth-order valence-electron chi connectivity index (χ4n) is 5.04. The van der Waals surface area contributed by atoms with Crippen molar-refractivity contribution >= 4 is 39.7 Å². The second-order valence-electron chi connectivity index (χ2n) is 9.76. The quantitative estimate of drug-likeness (QED) is 0.147. The van der Waals surface area contributed by atoms with Crippen molar-refractivity contribution in [1.82, 2.24) is 25.3 Å². The smallest absolute Gasteiger partial charge is 0.138 e. The molecule has 3 N–H and O–H groups in total. The molecular weight excluding hydrogens is 561 g/mol. The fraction of sp³-hybridized carbons (Fsp3) is 0.379. The number of aromatic amines is 2. The molecular formula is C29H34IN5O. The number of aromatic nitrogens is 4. The molecule has 0 spiro atoms. The molecule has 2 heterocycles. The van der Waals surface area contributed by atoms with Crippen molar-refractivity contribution in [2.24, 2.45) is 0 Å². The molecule has 2 aromatic heterocycles. The first-order chi connectivity index (χ1) is 17.5. The van der Waals surface area contributed by atoms with Crippen molar-refractivity contribution in [2.45, 2.75) is 44.4 Å². The first-order valence-corrected chi connectivity index (χ1v) is 14.3. The van der Waals surface area contributed by atoms with E-state index in [4.69, 9.17) is 14.7 Å². The summed E-state index contributed by atoms with van der Waals surface area (Å²) in [5.41, 5.74) is 6.49. The Morgan fingerprint density at radius 3 is 2.69 bits per heavy atom. The summed E-state index contributed by atoms with van der Waals surface area (Å²) < 4.78 is 6.73. The van der Waals surface area contributed by atoms with Gasteiger partial charge in [-0.3, -0.25) is 0 Å². The maximum Gasteiger partial charge on any atom is 0.138 e. The van der Waals surface area contributed by atoms with Gasteiger partial charge in [-0.25, -0.2) is 9.97 Å². The largest absolute Gasteiger partial charge is 0.494 e. The van der Waals surface area contributed by atoms with Gasteiger partial charge in [-0.1, -0.05) is 34.7 Å². The lowest BCUT2D eigenvalue weighted by atomic mass is 9.80. The van der Waals surface area contributed by atoms with E-state index in [1.54, 1.807) is 0 Å². The summed E-state index contributed by atoms with van der Waals surface area (Å²) in [5.74, 6) is 3.31. The highest BCUT2D eigenvalue weighted by Gasteiger charge is 2.33. The molecule has 188 valence electrons. The third kappa shape index (κ3) is 5.09. The van der Waals surface area contributed by atoms with E-state index in [0.29, 0.717) is 12.5 Å². The molecule has 4 aromatic rings. The van der Waals surface area contributed by atoms with E-state index in [-0.39, 0.29) is 5.41 Å². The number of fused-ring (bicyclic) bond motifs is 2. The SMILES string of the molecule is CCOc1ccc(-c2nc3c([nH]2)CC(C)(c2nc4ccc(C(CCI)CCNC)cc4[nH]2)C=C3)cc1. The maximum atomic E-state index is 5.57. The molecule has 7 heteroatoms. The van der Waals surface area contributed by atoms with Crippen molar-refractivity contribution in [3.8, 4) is 17.1 Å². The van der Waals surface area contributed by atoms with E-state index in [1.807, 2.05) is 26.1 Å². The van der Waals surface area contributed by atoms with Crippen LogP contribution in [0.1, 0.15) is 55.4 Å². The minimum atomic E-state index is -0.234. The van der Waals surface area contributed by atoms with Crippen LogP contribution in [0.15, 0.2) is 48.5 Å². The number of alkyl halides is 1. The summed E-state index contributed by atoms with van der Waals surface area (Å²) in [5, 5.41) is 3.30. The lowest BCUT2D eigenvalue weighted by Gasteiger charge is -2.26. The van der Waals surface area contributed by atoms with Gasteiger partial charge in [0.15, 0.2) is 0 Å². The first kappa shape index (κ1) is 25.0. The lowest BCUT2D eigenvalue weighted by Crippen LogP contribution is -2.26. The van der Waals surface area contributed by atoms with Crippen LogP contribution in [0.5, 0.6) is 5.75 Å². The minimum absolute atomic E-state index is 0.234. The van der Waals surface area contributed by atoms with Crippen LogP contribution in [0.3, 0.4) is 0 Å². The lowest BCUT2D eigenvalue weighted by molar-refractivity contribution is 0.340. The summed E-state index contributed by atoms with van der Waals surface area (Å²) in [6.45, 7) is 5.93. The zero-order valence-electron chi connectivity index (χ0n) is 21.2. The predicted molar refractivity (Wildman–Crippen MR) is 156 cm³/mol. The number of halogens is 1. The Bertz CT molecular complexity index is 1360. The Morgan fingerprint density at radius 2 is 1.94 bits per heavy atom. The van der Waals surface area contributed by atoms with Crippen LogP contribution in [-0.2, 0) is 11.8 Å². The summed E-state index contributed by atoms with van der Waals surface area (Å²) in [4.78, 5) is 17.1. The van der Waals surface area contributed by atoms with Gasteiger partial charge in [-0.2, -0.15) is 0 Å². The molecule has 5 rings (SSSR count). The van der Waals surface area contributed by atoms with Gasteiger partial charge in [0.05, 0.1) is 23.3 Å². The number of allylic oxidation sites excluding steroid dienone is 1. The Kier molecular flexibility index (Phi) is 7.48. The topological polar surface area (TPSA) is 78.6 Å². The molecule has 0 saturated heterocycles. The van der Waals surface area contributed by atoms with Gasteiger partial charge in [-0.15, -0.1) is 0 Å². The standard InChI is InChI=1S/C29H34IN5O/c1-4-36-22-8-5-20(6-9-22)27-32-24-11-14-29(2,18-26(24)33-27)28-34-23-10-7-21(17-25(23)35-28)19(12-15-30)13-16-31-3/h5-11,14,17,19,31H,4,12-13,15-16,18H2,1-3H3,(H,32,33)(H,34,35). The Balaban J connectivity index is 1.39. The molecule has 0 amide bonds. The van der Waals surface area contributed by atoms with Gasteiger partial charge in [0.25, 0.3) is 0 Å². The van der Waals surface area contributed by atoms with Crippen molar-refractivity contribution in [3.05, 3.63) is 71.3 Å². The van der Waals surface area contributed by atoms with E-state index >= 15 is 0 Å². The van der Waals surface area contributed by atoms with Gasteiger partial charge in [0.1, 0.15) is 17.4 Å². The molecule has 6 nitrogen and oxygen atoms in total. The van der Waals surface area contributed by atoms with Crippen LogP contribution in [0.2, 0.25) is 0 Å². The van der Waals surface area contributed by atoms with E-state index in [0.717, 1.165) is 69.2 Å². The highest BCUT2D eigenvalue weighted by Crippen LogP contribution is 2.36. The van der Waals surface area contributed by atoms with Crippen LogP contribution in [0, 0.1) is 0 Å². The number of nitrogens with zero attached hydrogens (tertiary/aromatic N) is 2. The van der Waals surface area contributed by atoms with Gasteiger partial charge < -0.3 is 20.0 Å². The first-order valence-electron chi connectivity index (χ1n) is 12.7. The highest BCUT2D eigenvalue weighted by atomic mass is 127. The number of rotatable bonds is 10. The molecule has 0 bridgehead atoms. The predicted octanol–water partition coefficient (Wildman–Crippen LogP) is 6.40.